The van der Waals surface area contributed by atoms with E-state index in [1.165, 1.54) is 24.8 Å². The Hall–Kier alpha value is -3.31. The molecule has 2 aromatic heterocycles. The number of hydrogen-bond donors (Lipinski definition) is 0. The lowest BCUT2D eigenvalue weighted by Crippen LogP contribution is -2.18. The molecule has 0 amide bonds. The molecule has 3 heterocycles. The number of benzene rings is 2. The van der Waals surface area contributed by atoms with Gasteiger partial charge in [-0.2, -0.15) is 0 Å². The third-order valence-corrected chi connectivity index (χ3v) is 5.69. The first kappa shape index (κ1) is 18.7. The van der Waals surface area contributed by atoms with Gasteiger partial charge in [-0.25, -0.2) is 4.98 Å². The fourth-order valence-corrected chi connectivity index (χ4v) is 4.10. The summed E-state index contributed by atoms with van der Waals surface area (Å²) >= 11 is 0. The molecular formula is C25H23N3O2. The van der Waals surface area contributed by atoms with Gasteiger partial charge in [0.1, 0.15) is 0 Å². The monoisotopic (exact) mass is 397 g/mol. The van der Waals surface area contributed by atoms with Crippen molar-refractivity contribution in [2.75, 3.05) is 13.1 Å². The van der Waals surface area contributed by atoms with Crippen LogP contribution in [-0.2, 0) is 13.0 Å². The van der Waals surface area contributed by atoms with E-state index in [1.54, 1.807) is 6.20 Å². The number of rotatable bonds is 6. The molecule has 0 radical (unpaired) electrons. The summed E-state index contributed by atoms with van der Waals surface area (Å²) in [7, 11) is 0. The van der Waals surface area contributed by atoms with Crippen LogP contribution >= 0.6 is 0 Å². The van der Waals surface area contributed by atoms with Gasteiger partial charge in [0.2, 0.25) is 0 Å². The fourth-order valence-electron chi connectivity index (χ4n) is 4.10. The first-order valence-corrected chi connectivity index (χ1v) is 10.4. The first-order chi connectivity index (χ1) is 14.7. The van der Waals surface area contributed by atoms with Crippen molar-refractivity contribution in [1.29, 1.82) is 0 Å². The number of Topliss-reactive ketones (excluding diaryl/α,β-unsaturated/α-hetero) is 1. The smallest absolute Gasteiger partial charge is 0.181 e. The number of carbonyl (C=O) groups is 1. The Morgan fingerprint density at radius 1 is 1.00 bits per heavy atom. The maximum Gasteiger partial charge on any atom is 0.181 e. The highest BCUT2D eigenvalue weighted by molar-refractivity contribution is 5.98. The van der Waals surface area contributed by atoms with E-state index in [1.807, 2.05) is 48.7 Å². The largest absolute Gasteiger partial charge is 0.444 e. The molecule has 0 atom stereocenters. The summed E-state index contributed by atoms with van der Waals surface area (Å²) in [4.78, 5) is 23.8. The van der Waals surface area contributed by atoms with Gasteiger partial charge < -0.3 is 4.42 Å². The summed E-state index contributed by atoms with van der Waals surface area (Å²) < 4.78 is 5.40. The van der Waals surface area contributed by atoms with Gasteiger partial charge in [0, 0.05) is 34.9 Å². The Morgan fingerprint density at radius 2 is 1.90 bits per heavy atom. The van der Waals surface area contributed by atoms with Crippen molar-refractivity contribution in [2.45, 2.75) is 25.8 Å². The van der Waals surface area contributed by atoms with Gasteiger partial charge in [0.25, 0.3) is 0 Å². The number of nitrogens with zero attached hydrogens (tertiary/aromatic N) is 3. The van der Waals surface area contributed by atoms with Crippen LogP contribution in [0.15, 0.2) is 71.7 Å². The van der Waals surface area contributed by atoms with Crippen molar-refractivity contribution in [1.82, 2.24) is 14.9 Å². The Balaban J connectivity index is 1.35. The number of carbonyl (C=O) groups excluding carboxylic acids is 1. The highest BCUT2D eigenvalue weighted by Crippen LogP contribution is 2.24. The second-order valence-corrected chi connectivity index (χ2v) is 7.89. The first-order valence-electron chi connectivity index (χ1n) is 10.4. The van der Waals surface area contributed by atoms with E-state index in [-0.39, 0.29) is 12.2 Å². The molecule has 150 valence electrons. The van der Waals surface area contributed by atoms with Crippen LogP contribution in [0.25, 0.3) is 22.1 Å². The van der Waals surface area contributed by atoms with E-state index < -0.39 is 0 Å². The van der Waals surface area contributed by atoms with E-state index in [0.29, 0.717) is 0 Å². The molecule has 0 N–H and O–H groups in total. The Kier molecular flexibility index (Phi) is 5.11. The lowest BCUT2D eigenvalue weighted by Gasteiger charge is -2.15. The quantitative estimate of drug-likeness (QED) is 0.433. The normalized spacial score (nSPS) is 14.4. The predicted octanol–water partition coefficient (Wildman–Crippen LogP) is 4.91. The summed E-state index contributed by atoms with van der Waals surface area (Å²) in [5.41, 5.74) is 3.68. The molecule has 0 saturated carbocycles. The van der Waals surface area contributed by atoms with Crippen LogP contribution in [0.5, 0.6) is 0 Å². The molecule has 1 fully saturated rings. The standard InChI is InChI=1S/C25H23N3O2/c29-24(19-5-3-4-18(10-19)16-28-8-1-2-9-28)13-23-12-22-11-20(25-15-26-17-30-25)6-7-21(22)14-27-23/h3-7,10-12,14-15,17H,1-2,8-9,13,16H2. The molecule has 2 aromatic carbocycles. The van der Waals surface area contributed by atoms with Crippen molar-refractivity contribution < 1.29 is 9.21 Å². The second kappa shape index (κ2) is 8.20. The predicted molar refractivity (Wildman–Crippen MR) is 116 cm³/mol. The minimum Gasteiger partial charge on any atom is -0.444 e. The molecule has 1 saturated heterocycles. The minimum atomic E-state index is 0.0940. The van der Waals surface area contributed by atoms with Gasteiger partial charge in [-0.15, -0.1) is 0 Å². The molecule has 5 rings (SSSR count). The number of ketones is 1. The van der Waals surface area contributed by atoms with Gasteiger partial charge in [0.15, 0.2) is 17.9 Å². The van der Waals surface area contributed by atoms with Gasteiger partial charge in [-0.1, -0.05) is 30.3 Å². The Morgan fingerprint density at radius 3 is 2.73 bits per heavy atom. The lowest BCUT2D eigenvalue weighted by molar-refractivity contribution is 0.0992. The van der Waals surface area contributed by atoms with Crippen molar-refractivity contribution >= 4 is 16.6 Å². The topological polar surface area (TPSA) is 59.2 Å². The zero-order chi connectivity index (χ0) is 20.3. The van der Waals surface area contributed by atoms with Crippen LogP contribution in [-0.4, -0.2) is 33.7 Å². The van der Waals surface area contributed by atoms with E-state index >= 15 is 0 Å². The molecular weight excluding hydrogens is 374 g/mol. The summed E-state index contributed by atoms with van der Waals surface area (Å²) in [6.07, 6.45) is 7.77. The molecule has 4 aromatic rings. The molecule has 1 aliphatic heterocycles. The number of fused-ring (bicyclic) bond motifs is 1. The van der Waals surface area contributed by atoms with Crippen molar-refractivity contribution in [3.8, 4) is 11.3 Å². The second-order valence-electron chi connectivity index (χ2n) is 7.89. The molecule has 0 unspecified atom stereocenters. The maximum atomic E-state index is 12.9. The number of oxazole rings is 1. The zero-order valence-corrected chi connectivity index (χ0v) is 16.8. The van der Waals surface area contributed by atoms with Gasteiger partial charge >= 0.3 is 0 Å². The van der Waals surface area contributed by atoms with Crippen LogP contribution in [0.4, 0.5) is 0 Å². The summed E-state index contributed by atoms with van der Waals surface area (Å²) in [6, 6.07) is 16.0. The fraction of sp³-hybridized carbons (Fsp3) is 0.240. The Labute approximate surface area is 175 Å². The number of pyridine rings is 1. The minimum absolute atomic E-state index is 0.0940. The lowest BCUT2D eigenvalue weighted by atomic mass is 10.0. The molecule has 5 heteroatoms. The van der Waals surface area contributed by atoms with Gasteiger partial charge in [-0.3, -0.25) is 14.7 Å². The van der Waals surface area contributed by atoms with Crippen LogP contribution in [0.3, 0.4) is 0 Å². The molecule has 1 aliphatic rings. The molecule has 0 bridgehead atoms. The van der Waals surface area contributed by atoms with E-state index in [4.69, 9.17) is 4.42 Å². The third kappa shape index (κ3) is 4.02. The highest BCUT2D eigenvalue weighted by Gasteiger charge is 2.14. The molecule has 0 spiro atoms. The Bertz CT molecular complexity index is 1180. The van der Waals surface area contributed by atoms with Gasteiger partial charge in [-0.05, 0) is 55.1 Å². The molecule has 5 nitrogen and oxygen atoms in total. The van der Waals surface area contributed by atoms with Gasteiger partial charge in [0.05, 0.1) is 12.6 Å². The van der Waals surface area contributed by atoms with Crippen LogP contribution < -0.4 is 0 Å². The summed E-state index contributed by atoms with van der Waals surface area (Å²) in [5.74, 6) is 0.817. The van der Waals surface area contributed by atoms with Crippen molar-refractivity contribution in [2.24, 2.45) is 0 Å². The average molecular weight is 397 g/mol. The van der Waals surface area contributed by atoms with E-state index in [2.05, 4.69) is 20.9 Å². The van der Waals surface area contributed by atoms with E-state index in [9.17, 15) is 4.79 Å². The third-order valence-electron chi connectivity index (χ3n) is 5.69. The number of hydrogen-bond acceptors (Lipinski definition) is 5. The van der Waals surface area contributed by atoms with Crippen LogP contribution in [0.1, 0.15) is 34.5 Å². The van der Waals surface area contributed by atoms with Crippen molar-refractivity contribution in [3.63, 3.8) is 0 Å². The molecule has 30 heavy (non-hydrogen) atoms. The highest BCUT2D eigenvalue weighted by atomic mass is 16.3. The van der Waals surface area contributed by atoms with Crippen LogP contribution in [0.2, 0.25) is 0 Å². The number of aromatic nitrogens is 2. The van der Waals surface area contributed by atoms with E-state index in [0.717, 1.165) is 53.0 Å². The summed E-state index contributed by atoms with van der Waals surface area (Å²) in [5, 5.41) is 2.06. The number of likely N-dealkylation sites (tertiary alicyclic amines) is 1. The van der Waals surface area contributed by atoms with Crippen LogP contribution in [0, 0.1) is 0 Å². The average Bonchev–Trinajstić information content (AvgIpc) is 3.48. The van der Waals surface area contributed by atoms with Crippen molar-refractivity contribution in [3.05, 3.63) is 84.1 Å². The molecule has 0 aliphatic carbocycles. The SMILES string of the molecule is O=C(Cc1cc2cc(-c3cnco3)ccc2cn1)c1cccc(CN2CCCC2)c1. The maximum absolute atomic E-state index is 12.9. The summed E-state index contributed by atoms with van der Waals surface area (Å²) in [6.45, 7) is 3.21. The zero-order valence-electron chi connectivity index (χ0n) is 16.8.